The number of nitrogens with zero attached hydrogens (tertiary/aromatic N) is 4. The summed E-state index contributed by atoms with van der Waals surface area (Å²) in [5.41, 5.74) is 2.04. The molecule has 136 valence electrons. The van der Waals surface area contributed by atoms with Crippen LogP contribution in [-0.4, -0.2) is 47.7 Å². The van der Waals surface area contributed by atoms with E-state index in [-0.39, 0.29) is 10.7 Å². The Kier molecular flexibility index (Phi) is 4.94. The summed E-state index contributed by atoms with van der Waals surface area (Å²) in [6.45, 7) is 0.495. The van der Waals surface area contributed by atoms with Gasteiger partial charge in [-0.3, -0.25) is 4.57 Å². The fourth-order valence-electron chi connectivity index (χ4n) is 2.86. The van der Waals surface area contributed by atoms with Crippen LogP contribution in [-0.2, 0) is 6.54 Å². The van der Waals surface area contributed by atoms with Crippen molar-refractivity contribution in [2.75, 3.05) is 11.1 Å². The molecule has 2 unspecified atom stereocenters. The summed E-state index contributed by atoms with van der Waals surface area (Å²) in [6, 6.07) is 7.50. The molecule has 3 heterocycles. The van der Waals surface area contributed by atoms with Gasteiger partial charge in [0.25, 0.3) is 0 Å². The highest BCUT2D eigenvalue weighted by molar-refractivity contribution is 7.99. The lowest BCUT2D eigenvalue weighted by atomic mass is 10.2. The molecular formula is C16H15Cl2N5O2S. The second-order valence-electron chi connectivity index (χ2n) is 5.93. The van der Waals surface area contributed by atoms with Crippen molar-refractivity contribution >= 4 is 51.9 Å². The second-order valence-corrected chi connectivity index (χ2v) is 7.85. The van der Waals surface area contributed by atoms with E-state index in [4.69, 9.17) is 23.2 Å². The normalized spacial score (nSPS) is 22.8. The van der Waals surface area contributed by atoms with Gasteiger partial charge in [-0.25, -0.2) is 4.98 Å². The SMILES string of the molecule is OC1C(n2cnc3c(NCc4cccc(Cl)c4)nc(Cl)nc32)SC[C@@H]1O. The van der Waals surface area contributed by atoms with Gasteiger partial charge in [-0.1, -0.05) is 23.7 Å². The van der Waals surface area contributed by atoms with Gasteiger partial charge in [0.15, 0.2) is 17.0 Å². The highest BCUT2D eigenvalue weighted by Crippen LogP contribution is 2.38. The van der Waals surface area contributed by atoms with Gasteiger partial charge < -0.3 is 15.5 Å². The average Bonchev–Trinajstić information content (AvgIpc) is 3.17. The highest BCUT2D eigenvalue weighted by atomic mass is 35.5. The van der Waals surface area contributed by atoms with Crippen LogP contribution in [0.4, 0.5) is 5.82 Å². The van der Waals surface area contributed by atoms with Gasteiger partial charge in [0, 0.05) is 17.3 Å². The first kappa shape index (κ1) is 17.8. The number of aliphatic hydroxyl groups is 2. The molecule has 1 fully saturated rings. The van der Waals surface area contributed by atoms with Gasteiger partial charge in [-0.15, -0.1) is 11.8 Å². The predicted octanol–water partition coefficient (Wildman–Crippen LogP) is 2.71. The number of nitrogens with one attached hydrogen (secondary N) is 1. The van der Waals surface area contributed by atoms with Gasteiger partial charge >= 0.3 is 0 Å². The van der Waals surface area contributed by atoms with E-state index >= 15 is 0 Å². The van der Waals surface area contributed by atoms with E-state index in [0.29, 0.717) is 34.3 Å². The van der Waals surface area contributed by atoms with Gasteiger partial charge in [0.1, 0.15) is 11.5 Å². The van der Waals surface area contributed by atoms with E-state index in [2.05, 4.69) is 20.3 Å². The predicted molar refractivity (Wildman–Crippen MR) is 103 cm³/mol. The lowest BCUT2D eigenvalue weighted by Gasteiger charge is -2.17. The lowest BCUT2D eigenvalue weighted by Crippen LogP contribution is -2.27. The Morgan fingerprint density at radius 1 is 1.27 bits per heavy atom. The molecule has 26 heavy (non-hydrogen) atoms. The number of halogens is 2. The topological polar surface area (TPSA) is 96.1 Å². The summed E-state index contributed by atoms with van der Waals surface area (Å²) < 4.78 is 1.72. The molecule has 4 rings (SSSR count). The van der Waals surface area contributed by atoms with Crippen molar-refractivity contribution in [3.8, 4) is 0 Å². The van der Waals surface area contributed by atoms with Crippen molar-refractivity contribution in [2.24, 2.45) is 0 Å². The Hall–Kier alpha value is -1.58. The van der Waals surface area contributed by atoms with Crippen molar-refractivity contribution in [3.63, 3.8) is 0 Å². The molecule has 3 aromatic rings. The minimum atomic E-state index is -0.894. The molecule has 0 bridgehead atoms. The first-order valence-corrected chi connectivity index (χ1v) is 9.69. The Morgan fingerprint density at radius 3 is 2.85 bits per heavy atom. The van der Waals surface area contributed by atoms with Crippen LogP contribution in [0.5, 0.6) is 0 Å². The Labute approximate surface area is 163 Å². The van der Waals surface area contributed by atoms with E-state index in [1.165, 1.54) is 11.8 Å². The van der Waals surface area contributed by atoms with Crippen LogP contribution in [0.3, 0.4) is 0 Å². The summed E-state index contributed by atoms with van der Waals surface area (Å²) in [4.78, 5) is 12.9. The maximum Gasteiger partial charge on any atom is 0.226 e. The zero-order chi connectivity index (χ0) is 18.3. The number of benzene rings is 1. The molecule has 1 aliphatic rings. The largest absolute Gasteiger partial charge is 0.389 e. The minimum Gasteiger partial charge on any atom is -0.389 e. The van der Waals surface area contributed by atoms with Crippen molar-refractivity contribution in [3.05, 3.63) is 46.5 Å². The first-order valence-electron chi connectivity index (χ1n) is 7.89. The van der Waals surface area contributed by atoms with Crippen LogP contribution in [0, 0.1) is 0 Å². The first-order chi connectivity index (χ1) is 12.5. The molecule has 0 amide bonds. The van der Waals surface area contributed by atoms with Crippen LogP contribution >= 0.6 is 35.0 Å². The number of aromatic nitrogens is 4. The quantitative estimate of drug-likeness (QED) is 0.567. The minimum absolute atomic E-state index is 0.0749. The summed E-state index contributed by atoms with van der Waals surface area (Å²) in [5.74, 6) is 0.946. The molecule has 10 heteroatoms. The Balaban J connectivity index is 1.66. The lowest BCUT2D eigenvalue weighted by molar-refractivity contribution is 0.0313. The van der Waals surface area contributed by atoms with Crippen LogP contribution in [0.2, 0.25) is 10.3 Å². The molecule has 1 aliphatic heterocycles. The number of anilines is 1. The maximum atomic E-state index is 10.2. The highest BCUT2D eigenvalue weighted by Gasteiger charge is 2.36. The number of hydrogen-bond acceptors (Lipinski definition) is 7. The van der Waals surface area contributed by atoms with Gasteiger partial charge in [-0.2, -0.15) is 9.97 Å². The van der Waals surface area contributed by atoms with Crippen molar-refractivity contribution < 1.29 is 10.2 Å². The monoisotopic (exact) mass is 411 g/mol. The summed E-state index contributed by atoms with van der Waals surface area (Å²) in [6.07, 6.45) is -0.0895. The van der Waals surface area contributed by atoms with Crippen LogP contribution < -0.4 is 5.32 Å². The molecule has 7 nitrogen and oxygen atoms in total. The zero-order valence-electron chi connectivity index (χ0n) is 13.4. The molecule has 3 atom stereocenters. The third-order valence-corrected chi connectivity index (χ3v) is 5.93. The van der Waals surface area contributed by atoms with E-state index in [1.807, 2.05) is 24.3 Å². The third kappa shape index (κ3) is 3.35. The van der Waals surface area contributed by atoms with Gasteiger partial charge in [0.05, 0.1) is 12.4 Å². The molecular weight excluding hydrogens is 397 g/mol. The standard InChI is InChI=1S/C16H15Cl2N5O2S/c17-9-3-1-2-8(4-9)5-19-13-11-14(22-16(18)21-13)23(7-20-11)15-12(25)10(24)6-26-15/h1-4,7,10,12,15,24-25H,5-6H2,(H,19,21,22)/t10-,12?,15?/m0/s1. The maximum absolute atomic E-state index is 10.2. The molecule has 1 saturated heterocycles. The summed E-state index contributed by atoms with van der Waals surface area (Å²) in [5, 5.41) is 23.5. The number of aliphatic hydroxyl groups excluding tert-OH is 2. The average molecular weight is 412 g/mol. The second kappa shape index (κ2) is 7.21. The van der Waals surface area contributed by atoms with Crippen LogP contribution in [0.15, 0.2) is 30.6 Å². The smallest absolute Gasteiger partial charge is 0.226 e. The van der Waals surface area contributed by atoms with E-state index < -0.39 is 12.2 Å². The molecule has 0 radical (unpaired) electrons. The van der Waals surface area contributed by atoms with Crippen molar-refractivity contribution in [1.82, 2.24) is 19.5 Å². The van der Waals surface area contributed by atoms with Crippen molar-refractivity contribution in [2.45, 2.75) is 24.1 Å². The number of imidazole rings is 1. The number of hydrogen-bond donors (Lipinski definition) is 3. The van der Waals surface area contributed by atoms with Crippen LogP contribution in [0.25, 0.3) is 11.2 Å². The van der Waals surface area contributed by atoms with Crippen molar-refractivity contribution in [1.29, 1.82) is 0 Å². The number of rotatable bonds is 4. The van der Waals surface area contributed by atoms with E-state index in [1.54, 1.807) is 10.9 Å². The fourth-order valence-corrected chi connectivity index (χ4v) is 4.52. The van der Waals surface area contributed by atoms with Gasteiger partial charge in [-0.05, 0) is 29.3 Å². The molecule has 0 spiro atoms. The zero-order valence-corrected chi connectivity index (χ0v) is 15.7. The molecule has 0 saturated carbocycles. The third-order valence-electron chi connectivity index (χ3n) is 4.14. The summed E-state index contributed by atoms with van der Waals surface area (Å²) >= 11 is 13.5. The Bertz CT molecular complexity index is 954. The molecule has 1 aromatic carbocycles. The molecule has 3 N–H and O–H groups in total. The molecule has 2 aromatic heterocycles. The molecule has 0 aliphatic carbocycles. The number of thioether (sulfide) groups is 1. The van der Waals surface area contributed by atoms with E-state index in [9.17, 15) is 10.2 Å². The summed E-state index contributed by atoms with van der Waals surface area (Å²) in [7, 11) is 0. The van der Waals surface area contributed by atoms with E-state index in [0.717, 1.165) is 5.56 Å². The van der Waals surface area contributed by atoms with Crippen LogP contribution in [0.1, 0.15) is 10.9 Å². The van der Waals surface area contributed by atoms with Gasteiger partial charge in [0.2, 0.25) is 5.28 Å². The number of fused-ring (bicyclic) bond motifs is 1. The fraction of sp³-hybridized carbons (Fsp3) is 0.312. The Morgan fingerprint density at radius 2 is 2.12 bits per heavy atom.